The van der Waals surface area contributed by atoms with Crippen molar-refractivity contribution in [3.8, 4) is 11.5 Å². The highest BCUT2D eigenvalue weighted by Gasteiger charge is 2.24. The minimum absolute atomic E-state index is 0.267. The van der Waals surface area contributed by atoms with E-state index in [2.05, 4.69) is 32.8 Å². The van der Waals surface area contributed by atoms with Gasteiger partial charge in [0, 0.05) is 25.4 Å². The zero-order valence-electron chi connectivity index (χ0n) is 18.4. The summed E-state index contributed by atoms with van der Waals surface area (Å²) in [6, 6.07) is 8.63. The number of anilines is 1. The molecule has 2 aliphatic rings. The normalized spacial score (nSPS) is 15.6. The highest BCUT2D eigenvalue weighted by molar-refractivity contribution is 5.92. The molecule has 172 valence electrons. The molecule has 1 aromatic carbocycles. The van der Waals surface area contributed by atoms with Gasteiger partial charge in [0.25, 0.3) is 11.9 Å². The van der Waals surface area contributed by atoms with Crippen LogP contribution in [0.2, 0.25) is 0 Å². The molecule has 1 aliphatic carbocycles. The monoisotopic (exact) mass is 458 g/mol. The number of hydrogen-bond acceptors (Lipinski definition) is 8. The van der Waals surface area contributed by atoms with Gasteiger partial charge in [-0.25, -0.2) is 0 Å². The molecule has 0 saturated carbocycles. The third-order valence-corrected chi connectivity index (χ3v) is 5.28. The summed E-state index contributed by atoms with van der Waals surface area (Å²) in [6.07, 6.45) is 14.1. The molecule has 0 bridgehead atoms. The lowest BCUT2D eigenvalue weighted by Gasteiger charge is -2.24. The Morgan fingerprint density at radius 2 is 2.09 bits per heavy atom. The van der Waals surface area contributed by atoms with E-state index in [0.29, 0.717) is 34.4 Å². The number of nitrogens with one attached hydrogen (secondary N) is 2. The molecule has 34 heavy (non-hydrogen) atoms. The van der Waals surface area contributed by atoms with Crippen molar-refractivity contribution < 1.29 is 23.4 Å². The molecular formula is C25H22N4O5. The summed E-state index contributed by atoms with van der Waals surface area (Å²) < 4.78 is 22.8. The zero-order chi connectivity index (χ0) is 23.3. The van der Waals surface area contributed by atoms with Crippen LogP contribution in [0, 0.1) is 0 Å². The fourth-order valence-corrected chi connectivity index (χ4v) is 3.63. The molecule has 1 unspecified atom stereocenters. The van der Waals surface area contributed by atoms with Gasteiger partial charge in [0.15, 0.2) is 11.3 Å². The van der Waals surface area contributed by atoms with Crippen molar-refractivity contribution in [1.82, 2.24) is 15.3 Å². The van der Waals surface area contributed by atoms with E-state index in [9.17, 15) is 4.79 Å². The average Bonchev–Trinajstić information content (AvgIpc) is 3.30. The lowest BCUT2D eigenvalue weighted by molar-refractivity contribution is 0.0958. The Labute approximate surface area is 195 Å². The van der Waals surface area contributed by atoms with Gasteiger partial charge in [0.1, 0.15) is 47.5 Å². The fourth-order valence-electron chi connectivity index (χ4n) is 3.63. The Morgan fingerprint density at radius 3 is 2.88 bits per heavy atom. The average molecular weight is 458 g/mol. The van der Waals surface area contributed by atoms with E-state index >= 15 is 0 Å². The fraction of sp³-hybridized carbons (Fsp3) is 0.160. The van der Waals surface area contributed by atoms with Gasteiger partial charge < -0.3 is 29.3 Å². The second kappa shape index (κ2) is 9.53. The van der Waals surface area contributed by atoms with Gasteiger partial charge in [-0.3, -0.25) is 9.78 Å². The van der Waals surface area contributed by atoms with E-state index in [0.717, 1.165) is 18.4 Å². The van der Waals surface area contributed by atoms with Crippen LogP contribution in [0.4, 0.5) is 6.01 Å². The highest BCUT2D eigenvalue weighted by atomic mass is 16.5. The van der Waals surface area contributed by atoms with Crippen LogP contribution in [0.1, 0.15) is 23.3 Å². The Kier molecular flexibility index (Phi) is 5.98. The summed E-state index contributed by atoms with van der Waals surface area (Å²) in [4.78, 5) is 20.4. The van der Waals surface area contributed by atoms with Crippen LogP contribution in [0.3, 0.4) is 0 Å². The molecule has 3 aromatic rings. The molecule has 9 nitrogen and oxygen atoms in total. The van der Waals surface area contributed by atoms with Crippen molar-refractivity contribution in [2.75, 3.05) is 12.4 Å². The second-order valence-corrected chi connectivity index (χ2v) is 7.54. The number of allylic oxidation sites excluding steroid dienone is 3. The number of aromatic nitrogens is 2. The Balaban J connectivity index is 1.38. The van der Waals surface area contributed by atoms with E-state index < -0.39 is 0 Å². The number of nitrogens with zero attached hydrogens (tertiary/aromatic N) is 2. The van der Waals surface area contributed by atoms with Crippen molar-refractivity contribution in [3.63, 3.8) is 0 Å². The first-order valence-corrected chi connectivity index (χ1v) is 10.8. The molecule has 2 N–H and O–H groups in total. The molecule has 5 rings (SSSR count). The van der Waals surface area contributed by atoms with Gasteiger partial charge >= 0.3 is 0 Å². The van der Waals surface area contributed by atoms with Gasteiger partial charge in [-0.2, -0.15) is 4.98 Å². The number of ether oxygens (including phenoxy) is 3. The number of rotatable bonds is 7. The Morgan fingerprint density at radius 1 is 1.18 bits per heavy atom. The summed E-state index contributed by atoms with van der Waals surface area (Å²) in [6.45, 7) is 0. The van der Waals surface area contributed by atoms with Crippen molar-refractivity contribution >= 4 is 23.0 Å². The predicted octanol–water partition coefficient (Wildman–Crippen LogP) is 4.79. The van der Waals surface area contributed by atoms with Crippen molar-refractivity contribution in [3.05, 3.63) is 90.6 Å². The Hall–Kier alpha value is -4.53. The summed E-state index contributed by atoms with van der Waals surface area (Å²) in [7, 11) is 1.55. The number of benzene rings is 1. The minimum atomic E-state index is -0.293. The maximum absolute atomic E-state index is 11.8. The lowest BCUT2D eigenvalue weighted by atomic mass is 9.96. The molecule has 0 fully saturated rings. The molecule has 2 aromatic heterocycles. The predicted molar refractivity (Wildman–Crippen MR) is 125 cm³/mol. The van der Waals surface area contributed by atoms with E-state index in [1.54, 1.807) is 43.6 Å². The van der Waals surface area contributed by atoms with Crippen LogP contribution in [0.15, 0.2) is 89.3 Å². The molecule has 1 atom stereocenters. The Bertz CT molecular complexity index is 1340. The van der Waals surface area contributed by atoms with Crippen molar-refractivity contribution in [1.29, 1.82) is 0 Å². The van der Waals surface area contributed by atoms with Crippen LogP contribution in [0.25, 0.3) is 11.1 Å². The smallest absolute Gasteiger partial charge is 0.296 e. The van der Waals surface area contributed by atoms with Gasteiger partial charge in [0.2, 0.25) is 0 Å². The quantitative estimate of drug-likeness (QED) is 0.520. The highest BCUT2D eigenvalue weighted by Crippen LogP contribution is 2.30. The molecule has 3 heterocycles. The summed E-state index contributed by atoms with van der Waals surface area (Å²) in [5.41, 5.74) is 2.61. The number of hydrogen-bond donors (Lipinski definition) is 2. The molecule has 0 radical (unpaired) electrons. The number of pyridine rings is 1. The molecular weight excluding hydrogens is 436 g/mol. The van der Waals surface area contributed by atoms with Crippen LogP contribution in [-0.4, -0.2) is 29.0 Å². The largest absolute Gasteiger partial charge is 0.466 e. The van der Waals surface area contributed by atoms with E-state index in [1.807, 2.05) is 6.08 Å². The number of oxazole rings is 1. The number of carbonyl (C=O) groups is 1. The summed E-state index contributed by atoms with van der Waals surface area (Å²) in [5.74, 6) is 1.35. The minimum Gasteiger partial charge on any atom is -0.466 e. The first-order valence-electron chi connectivity index (χ1n) is 10.8. The van der Waals surface area contributed by atoms with Crippen molar-refractivity contribution in [2.24, 2.45) is 0 Å². The zero-order valence-corrected chi connectivity index (χ0v) is 18.4. The first-order chi connectivity index (χ1) is 16.7. The van der Waals surface area contributed by atoms with E-state index in [-0.39, 0.29) is 17.6 Å². The van der Waals surface area contributed by atoms with Crippen molar-refractivity contribution in [2.45, 2.75) is 18.9 Å². The third-order valence-electron chi connectivity index (χ3n) is 5.28. The molecule has 0 spiro atoms. The molecule has 1 aliphatic heterocycles. The van der Waals surface area contributed by atoms with Crippen LogP contribution >= 0.6 is 0 Å². The van der Waals surface area contributed by atoms with Gasteiger partial charge in [0.05, 0.1) is 0 Å². The van der Waals surface area contributed by atoms with Crippen LogP contribution in [0.5, 0.6) is 11.5 Å². The molecule has 9 heteroatoms. The standard InChI is InChI=1S/C25H22N4O5/c1-26-24(30)20-13-18(9-10-27-20)33-17-7-8-19-21(14-17)34-25(28-19)29-23(16-5-3-2-4-6-16)22-15-31-11-12-32-22/h2-3,5,7-15,23H,4,6H2,1H3,(H,26,30)(H,28,29). The second-order valence-electron chi connectivity index (χ2n) is 7.54. The maximum Gasteiger partial charge on any atom is 0.296 e. The maximum atomic E-state index is 11.8. The van der Waals surface area contributed by atoms with Crippen LogP contribution < -0.4 is 15.4 Å². The van der Waals surface area contributed by atoms with Gasteiger partial charge in [-0.05, 0) is 36.6 Å². The summed E-state index contributed by atoms with van der Waals surface area (Å²) >= 11 is 0. The topological polar surface area (TPSA) is 108 Å². The van der Waals surface area contributed by atoms with Gasteiger partial charge in [-0.1, -0.05) is 18.2 Å². The summed E-state index contributed by atoms with van der Waals surface area (Å²) in [5, 5.41) is 5.87. The van der Waals surface area contributed by atoms with Gasteiger partial charge in [-0.15, -0.1) is 0 Å². The SMILES string of the molecule is CNC(=O)c1cc(Oc2ccc3nc(NC(C4=CC=CCC4)C4=COC=CO4)oc3c2)ccn1. The molecule has 1 amide bonds. The number of fused-ring (bicyclic) bond motifs is 1. The van der Waals surface area contributed by atoms with E-state index in [1.165, 1.54) is 18.7 Å². The van der Waals surface area contributed by atoms with Crippen LogP contribution in [-0.2, 0) is 9.47 Å². The molecule has 0 saturated heterocycles. The lowest BCUT2D eigenvalue weighted by Crippen LogP contribution is -2.27. The number of amides is 1. The van der Waals surface area contributed by atoms with E-state index in [4.69, 9.17) is 18.6 Å². The third kappa shape index (κ3) is 4.63. The number of carbonyl (C=O) groups excluding carboxylic acids is 1. The first kappa shape index (κ1) is 21.3.